The van der Waals surface area contributed by atoms with E-state index < -0.39 is 6.10 Å². The van der Waals surface area contributed by atoms with Gasteiger partial charge in [-0.25, -0.2) is 0 Å². The van der Waals surface area contributed by atoms with E-state index in [2.05, 4.69) is 5.32 Å². The van der Waals surface area contributed by atoms with Crippen molar-refractivity contribution in [1.29, 1.82) is 0 Å². The lowest BCUT2D eigenvalue weighted by Crippen LogP contribution is -2.49. The number of rotatable bonds is 6. The molecule has 2 N–H and O–H groups in total. The molecule has 4 nitrogen and oxygen atoms in total. The highest BCUT2D eigenvalue weighted by atomic mass is 16.3. The van der Waals surface area contributed by atoms with Crippen LogP contribution in [0.4, 0.5) is 0 Å². The first-order valence-corrected chi connectivity index (χ1v) is 6.60. The zero-order valence-electron chi connectivity index (χ0n) is 12.1. The summed E-state index contributed by atoms with van der Waals surface area (Å²) in [6, 6.07) is 9.31. The first-order chi connectivity index (χ1) is 8.91. The van der Waals surface area contributed by atoms with Crippen molar-refractivity contribution in [2.75, 3.05) is 14.1 Å². The Morgan fingerprint density at radius 3 is 2.37 bits per heavy atom. The van der Waals surface area contributed by atoms with E-state index in [4.69, 9.17) is 0 Å². The van der Waals surface area contributed by atoms with Gasteiger partial charge in [-0.1, -0.05) is 30.3 Å². The lowest BCUT2D eigenvalue weighted by Gasteiger charge is -2.25. The molecule has 2 unspecified atom stereocenters. The molecule has 4 heteroatoms. The molecule has 0 aliphatic heterocycles. The molecule has 1 aromatic rings. The second-order valence-corrected chi connectivity index (χ2v) is 5.19. The third-order valence-corrected chi connectivity index (χ3v) is 3.39. The quantitative estimate of drug-likeness (QED) is 0.807. The van der Waals surface area contributed by atoms with Crippen LogP contribution in [-0.2, 0) is 11.2 Å². The van der Waals surface area contributed by atoms with Crippen LogP contribution in [0.15, 0.2) is 30.3 Å². The molecule has 106 valence electrons. The van der Waals surface area contributed by atoms with E-state index in [0.717, 1.165) is 5.56 Å². The van der Waals surface area contributed by atoms with Gasteiger partial charge in [0.1, 0.15) is 0 Å². The summed E-state index contributed by atoms with van der Waals surface area (Å²) in [7, 11) is 3.71. The molecular formula is C15H24N2O2. The van der Waals surface area contributed by atoms with Crippen molar-refractivity contribution < 1.29 is 9.90 Å². The third-order valence-electron chi connectivity index (χ3n) is 3.39. The van der Waals surface area contributed by atoms with Gasteiger partial charge in [0.05, 0.1) is 18.2 Å². The average Bonchev–Trinajstić information content (AvgIpc) is 2.38. The normalized spacial score (nSPS) is 15.9. The van der Waals surface area contributed by atoms with Gasteiger partial charge in [0.25, 0.3) is 0 Å². The van der Waals surface area contributed by atoms with Gasteiger partial charge in [-0.3, -0.25) is 9.69 Å². The van der Waals surface area contributed by atoms with Crippen LogP contribution in [0.25, 0.3) is 0 Å². The van der Waals surface area contributed by atoms with Crippen LogP contribution in [0.1, 0.15) is 19.4 Å². The Kier molecular flexibility index (Phi) is 5.99. The first kappa shape index (κ1) is 15.7. The van der Waals surface area contributed by atoms with Crippen LogP contribution in [0, 0.1) is 0 Å². The number of carbonyl (C=O) groups excluding carboxylic acids is 1. The fraction of sp³-hybridized carbons (Fsp3) is 0.533. The summed E-state index contributed by atoms with van der Waals surface area (Å²) in [6.45, 7) is 3.67. The van der Waals surface area contributed by atoms with Crippen LogP contribution in [0.3, 0.4) is 0 Å². The maximum atomic E-state index is 11.9. The summed E-state index contributed by atoms with van der Waals surface area (Å²) < 4.78 is 0. The van der Waals surface area contributed by atoms with Gasteiger partial charge < -0.3 is 10.4 Å². The monoisotopic (exact) mass is 264 g/mol. The zero-order valence-corrected chi connectivity index (χ0v) is 12.1. The van der Waals surface area contributed by atoms with Gasteiger partial charge in [-0.05, 0) is 33.5 Å². The summed E-state index contributed by atoms with van der Waals surface area (Å²) in [5.41, 5.74) is 1.07. The maximum Gasteiger partial charge on any atom is 0.237 e. The van der Waals surface area contributed by atoms with Crippen LogP contribution in [0.2, 0.25) is 0 Å². The van der Waals surface area contributed by atoms with Gasteiger partial charge in [0, 0.05) is 6.42 Å². The van der Waals surface area contributed by atoms with E-state index in [0.29, 0.717) is 6.42 Å². The Balaban J connectivity index is 2.49. The number of hydrogen-bond acceptors (Lipinski definition) is 3. The molecule has 1 amide bonds. The number of aliphatic hydroxyl groups is 1. The van der Waals surface area contributed by atoms with E-state index >= 15 is 0 Å². The molecule has 0 saturated heterocycles. The van der Waals surface area contributed by atoms with Gasteiger partial charge >= 0.3 is 0 Å². The fourth-order valence-corrected chi connectivity index (χ4v) is 1.71. The molecule has 3 atom stereocenters. The number of nitrogens with one attached hydrogen (secondary N) is 1. The SMILES string of the molecule is CC(NC(=O)[C@H](C)N(C)C)C(O)Cc1ccccc1. The standard InChI is InChI=1S/C15H24N2O2/c1-11(16-15(19)12(2)17(3)4)14(18)10-13-8-6-5-7-9-13/h5-9,11-12,14,18H,10H2,1-4H3,(H,16,19)/t11?,12-,14?/m0/s1. The van der Waals surface area contributed by atoms with Crippen LogP contribution >= 0.6 is 0 Å². The summed E-state index contributed by atoms with van der Waals surface area (Å²) >= 11 is 0. The predicted octanol–water partition coefficient (Wildman–Crippen LogP) is 1.04. The van der Waals surface area contributed by atoms with E-state index in [1.54, 1.807) is 0 Å². The van der Waals surface area contributed by atoms with E-state index in [-0.39, 0.29) is 18.0 Å². The first-order valence-electron chi connectivity index (χ1n) is 6.60. The number of likely N-dealkylation sites (N-methyl/N-ethyl adjacent to an activating group) is 1. The number of carbonyl (C=O) groups is 1. The third kappa shape index (κ3) is 5.01. The Bertz CT molecular complexity index is 392. The van der Waals surface area contributed by atoms with Gasteiger partial charge in [-0.15, -0.1) is 0 Å². The molecule has 19 heavy (non-hydrogen) atoms. The highest BCUT2D eigenvalue weighted by molar-refractivity contribution is 5.81. The van der Waals surface area contributed by atoms with E-state index in [1.165, 1.54) is 0 Å². The smallest absolute Gasteiger partial charge is 0.237 e. The van der Waals surface area contributed by atoms with Crippen molar-refractivity contribution in [3.8, 4) is 0 Å². The highest BCUT2D eigenvalue weighted by Gasteiger charge is 2.21. The molecule has 0 radical (unpaired) electrons. The molecule has 0 heterocycles. The highest BCUT2D eigenvalue weighted by Crippen LogP contribution is 2.06. The number of nitrogens with zero attached hydrogens (tertiary/aromatic N) is 1. The van der Waals surface area contributed by atoms with Gasteiger partial charge in [0.15, 0.2) is 0 Å². The number of benzene rings is 1. The Morgan fingerprint density at radius 1 is 1.26 bits per heavy atom. The second-order valence-electron chi connectivity index (χ2n) is 5.19. The zero-order chi connectivity index (χ0) is 14.4. The molecule has 0 spiro atoms. The predicted molar refractivity (Wildman–Crippen MR) is 76.9 cm³/mol. The Hall–Kier alpha value is -1.39. The van der Waals surface area contributed by atoms with Crippen LogP contribution < -0.4 is 5.32 Å². The summed E-state index contributed by atoms with van der Waals surface area (Å²) in [4.78, 5) is 13.7. The van der Waals surface area contributed by atoms with E-state index in [1.807, 2.05) is 63.2 Å². The largest absolute Gasteiger partial charge is 0.391 e. The van der Waals surface area contributed by atoms with Crippen LogP contribution in [-0.4, -0.2) is 48.2 Å². The van der Waals surface area contributed by atoms with Gasteiger partial charge in [0.2, 0.25) is 5.91 Å². The molecule has 0 bridgehead atoms. The molecule has 0 fully saturated rings. The fourth-order valence-electron chi connectivity index (χ4n) is 1.71. The topological polar surface area (TPSA) is 52.6 Å². The molecule has 1 aromatic carbocycles. The van der Waals surface area contributed by atoms with Crippen molar-refractivity contribution in [2.45, 2.75) is 38.5 Å². The Morgan fingerprint density at radius 2 is 1.84 bits per heavy atom. The van der Waals surface area contributed by atoms with Crippen molar-refractivity contribution in [3.05, 3.63) is 35.9 Å². The van der Waals surface area contributed by atoms with E-state index in [9.17, 15) is 9.90 Å². The maximum absolute atomic E-state index is 11.9. The minimum atomic E-state index is -0.583. The van der Waals surface area contributed by atoms with Crippen molar-refractivity contribution >= 4 is 5.91 Å². The summed E-state index contributed by atoms with van der Waals surface area (Å²) in [6.07, 6.45) is -0.0424. The van der Waals surface area contributed by atoms with Crippen molar-refractivity contribution in [3.63, 3.8) is 0 Å². The number of aliphatic hydroxyl groups excluding tert-OH is 1. The molecule has 0 aromatic heterocycles. The van der Waals surface area contributed by atoms with Crippen molar-refractivity contribution in [1.82, 2.24) is 10.2 Å². The Labute approximate surface area is 115 Å². The molecule has 0 saturated carbocycles. The molecule has 1 rings (SSSR count). The van der Waals surface area contributed by atoms with Gasteiger partial charge in [-0.2, -0.15) is 0 Å². The summed E-state index contributed by atoms with van der Waals surface area (Å²) in [5, 5.41) is 13.0. The lowest BCUT2D eigenvalue weighted by atomic mass is 10.0. The van der Waals surface area contributed by atoms with Crippen molar-refractivity contribution in [2.24, 2.45) is 0 Å². The molecule has 0 aliphatic rings. The number of hydrogen-bond donors (Lipinski definition) is 2. The average molecular weight is 264 g/mol. The minimum Gasteiger partial charge on any atom is -0.391 e. The molecule has 0 aliphatic carbocycles. The second kappa shape index (κ2) is 7.26. The number of amides is 1. The molecular weight excluding hydrogens is 240 g/mol. The van der Waals surface area contributed by atoms with Crippen LogP contribution in [0.5, 0.6) is 0 Å². The lowest BCUT2D eigenvalue weighted by molar-refractivity contribution is -0.126. The summed E-state index contributed by atoms with van der Waals surface area (Å²) in [5.74, 6) is -0.0652. The minimum absolute atomic E-state index is 0.0652.